The molecule has 0 saturated heterocycles. The van der Waals surface area contributed by atoms with Crippen molar-refractivity contribution < 1.29 is 28.6 Å². The van der Waals surface area contributed by atoms with E-state index in [2.05, 4.69) is 0 Å². The standard InChI is InChI=1S/C17H18F2IN3O6/c1-22-13(4-8-3-11(19)12(20)5-10(8)18)14(16(27)23(2)17(22)28)15(26)21-29-7-9(25)6-24/h3,5,9,24-25H,4,6-7H2,1-2H3,(H,21,26)/t9-/m1/s1. The van der Waals surface area contributed by atoms with Gasteiger partial charge in [0.2, 0.25) is 0 Å². The third kappa shape index (κ3) is 5.07. The zero-order chi connectivity index (χ0) is 21.9. The van der Waals surface area contributed by atoms with Gasteiger partial charge in [-0.2, -0.15) is 0 Å². The van der Waals surface area contributed by atoms with Crippen LogP contribution in [-0.2, 0) is 25.4 Å². The van der Waals surface area contributed by atoms with E-state index in [0.717, 1.165) is 23.7 Å². The Morgan fingerprint density at radius 2 is 1.90 bits per heavy atom. The van der Waals surface area contributed by atoms with E-state index in [9.17, 15) is 28.3 Å². The normalized spacial score (nSPS) is 12.1. The van der Waals surface area contributed by atoms with Crippen molar-refractivity contribution in [1.29, 1.82) is 0 Å². The van der Waals surface area contributed by atoms with Crippen LogP contribution in [0, 0.1) is 15.2 Å². The summed E-state index contributed by atoms with van der Waals surface area (Å²) in [6, 6.07) is 1.89. The molecule has 0 spiro atoms. The lowest BCUT2D eigenvalue weighted by Gasteiger charge is -2.16. The van der Waals surface area contributed by atoms with Gasteiger partial charge in [0.15, 0.2) is 0 Å². The molecule has 158 valence electrons. The highest BCUT2D eigenvalue weighted by Gasteiger charge is 2.24. The van der Waals surface area contributed by atoms with Crippen LogP contribution in [0.2, 0.25) is 0 Å². The Labute approximate surface area is 176 Å². The summed E-state index contributed by atoms with van der Waals surface area (Å²) in [4.78, 5) is 42.0. The Bertz CT molecular complexity index is 1050. The van der Waals surface area contributed by atoms with Gasteiger partial charge in [0.25, 0.3) is 11.5 Å². The highest BCUT2D eigenvalue weighted by Crippen LogP contribution is 2.20. The maximum Gasteiger partial charge on any atom is 0.330 e. The summed E-state index contributed by atoms with van der Waals surface area (Å²) in [5.41, 5.74) is -0.602. The molecule has 3 N–H and O–H groups in total. The molecule has 0 saturated carbocycles. The zero-order valence-corrected chi connectivity index (χ0v) is 17.6. The van der Waals surface area contributed by atoms with Crippen molar-refractivity contribution in [2.24, 2.45) is 14.1 Å². The summed E-state index contributed by atoms with van der Waals surface area (Å²) in [5, 5.41) is 18.0. The minimum atomic E-state index is -1.26. The first kappa shape index (κ1) is 23.1. The number of carbonyl (C=O) groups excluding carboxylic acids is 1. The van der Waals surface area contributed by atoms with Gasteiger partial charge in [-0.1, -0.05) is 0 Å². The van der Waals surface area contributed by atoms with Gasteiger partial charge < -0.3 is 10.2 Å². The molecule has 12 heteroatoms. The van der Waals surface area contributed by atoms with E-state index in [4.69, 9.17) is 9.94 Å². The van der Waals surface area contributed by atoms with Crippen molar-refractivity contribution in [3.05, 3.63) is 65.0 Å². The van der Waals surface area contributed by atoms with Gasteiger partial charge in [0, 0.05) is 26.2 Å². The fourth-order valence-electron chi connectivity index (χ4n) is 2.51. The number of halogens is 3. The predicted octanol–water partition coefficient (Wildman–Crippen LogP) is -0.428. The second-order valence-electron chi connectivity index (χ2n) is 6.14. The van der Waals surface area contributed by atoms with E-state index >= 15 is 0 Å². The molecule has 9 nitrogen and oxygen atoms in total. The van der Waals surface area contributed by atoms with Crippen LogP contribution < -0.4 is 16.7 Å². The van der Waals surface area contributed by atoms with Crippen LogP contribution in [0.5, 0.6) is 0 Å². The topological polar surface area (TPSA) is 123 Å². The van der Waals surface area contributed by atoms with Gasteiger partial charge in [-0.3, -0.25) is 23.6 Å². The molecule has 1 aromatic heterocycles. The number of hydrogen-bond donors (Lipinski definition) is 3. The highest BCUT2D eigenvalue weighted by molar-refractivity contribution is 14.1. The van der Waals surface area contributed by atoms with Crippen molar-refractivity contribution in [2.75, 3.05) is 13.2 Å². The molecule has 1 heterocycles. The number of hydroxylamine groups is 1. The lowest BCUT2D eigenvalue weighted by Crippen LogP contribution is -2.45. The lowest BCUT2D eigenvalue weighted by atomic mass is 10.0. The monoisotopic (exact) mass is 525 g/mol. The molecule has 1 aromatic carbocycles. The number of nitrogens with one attached hydrogen (secondary N) is 1. The summed E-state index contributed by atoms with van der Waals surface area (Å²) in [6.07, 6.45) is -1.68. The zero-order valence-electron chi connectivity index (χ0n) is 15.4. The van der Waals surface area contributed by atoms with E-state index < -0.39 is 60.1 Å². The maximum absolute atomic E-state index is 14.3. The molecular formula is C17H18F2IN3O6. The number of carbonyl (C=O) groups is 1. The minimum Gasteiger partial charge on any atom is -0.394 e. The third-order valence-electron chi connectivity index (χ3n) is 4.11. The van der Waals surface area contributed by atoms with Crippen LogP contribution in [0.25, 0.3) is 0 Å². The maximum atomic E-state index is 14.3. The van der Waals surface area contributed by atoms with E-state index in [1.54, 1.807) is 22.6 Å². The third-order valence-corrected chi connectivity index (χ3v) is 4.94. The van der Waals surface area contributed by atoms with Crippen LogP contribution >= 0.6 is 22.6 Å². The molecular weight excluding hydrogens is 507 g/mol. The number of rotatable bonds is 7. The molecule has 0 radical (unpaired) electrons. The van der Waals surface area contributed by atoms with Crippen LogP contribution in [0.3, 0.4) is 0 Å². The highest BCUT2D eigenvalue weighted by atomic mass is 127. The molecule has 0 fully saturated rings. The number of aliphatic hydroxyl groups is 2. The lowest BCUT2D eigenvalue weighted by molar-refractivity contribution is -0.0296. The molecule has 0 aliphatic rings. The summed E-state index contributed by atoms with van der Waals surface area (Å²) >= 11 is 1.62. The van der Waals surface area contributed by atoms with Crippen molar-refractivity contribution in [2.45, 2.75) is 12.5 Å². The predicted molar refractivity (Wildman–Crippen MR) is 105 cm³/mol. The minimum absolute atomic E-state index is 0.0514. The van der Waals surface area contributed by atoms with Crippen LogP contribution in [0.1, 0.15) is 21.6 Å². The first-order valence-electron chi connectivity index (χ1n) is 8.21. The molecule has 0 aliphatic heterocycles. The van der Waals surface area contributed by atoms with E-state index in [0.29, 0.717) is 4.57 Å². The van der Waals surface area contributed by atoms with Gasteiger partial charge in [0.1, 0.15) is 29.9 Å². The largest absolute Gasteiger partial charge is 0.394 e. The SMILES string of the molecule is Cn1c(Cc2cc(F)c(I)cc2F)c(C(=O)NOC[C@H](O)CO)c(=O)n(C)c1=O. The van der Waals surface area contributed by atoms with Gasteiger partial charge >= 0.3 is 5.69 Å². The van der Waals surface area contributed by atoms with Crippen molar-refractivity contribution in [1.82, 2.24) is 14.6 Å². The number of nitrogens with zero attached hydrogens (tertiary/aromatic N) is 2. The number of aliphatic hydroxyl groups excluding tert-OH is 2. The van der Waals surface area contributed by atoms with Gasteiger partial charge in [-0.05, 0) is 40.3 Å². The van der Waals surface area contributed by atoms with E-state index in [-0.39, 0.29) is 14.8 Å². The van der Waals surface area contributed by atoms with Crippen LogP contribution in [-0.4, -0.2) is 44.6 Å². The van der Waals surface area contributed by atoms with Crippen LogP contribution in [0.4, 0.5) is 8.78 Å². The Morgan fingerprint density at radius 1 is 1.24 bits per heavy atom. The van der Waals surface area contributed by atoms with Crippen LogP contribution in [0.15, 0.2) is 21.7 Å². The smallest absolute Gasteiger partial charge is 0.330 e. The number of benzene rings is 1. The first-order valence-corrected chi connectivity index (χ1v) is 9.29. The summed E-state index contributed by atoms with van der Waals surface area (Å²) in [7, 11) is 2.44. The molecule has 1 atom stereocenters. The summed E-state index contributed by atoms with van der Waals surface area (Å²) in [5.74, 6) is -2.51. The Balaban J connectivity index is 2.51. The second kappa shape index (κ2) is 9.56. The molecule has 0 bridgehead atoms. The average Bonchev–Trinajstić information content (AvgIpc) is 2.68. The van der Waals surface area contributed by atoms with Crippen molar-refractivity contribution >= 4 is 28.5 Å². The second-order valence-corrected chi connectivity index (χ2v) is 7.30. The Hall–Kier alpha value is -2.16. The fourth-order valence-corrected chi connectivity index (χ4v) is 2.94. The molecule has 1 amide bonds. The molecule has 0 aliphatic carbocycles. The molecule has 29 heavy (non-hydrogen) atoms. The summed E-state index contributed by atoms with van der Waals surface area (Å²) < 4.78 is 29.9. The van der Waals surface area contributed by atoms with Gasteiger partial charge in [0.05, 0.1) is 10.2 Å². The summed E-state index contributed by atoms with van der Waals surface area (Å²) in [6.45, 7) is -1.07. The Morgan fingerprint density at radius 3 is 2.52 bits per heavy atom. The number of amides is 1. The van der Waals surface area contributed by atoms with Gasteiger partial charge in [-0.25, -0.2) is 19.1 Å². The molecule has 0 unspecified atom stereocenters. The van der Waals surface area contributed by atoms with Crippen molar-refractivity contribution in [3.63, 3.8) is 0 Å². The molecule has 2 rings (SSSR count). The van der Waals surface area contributed by atoms with Gasteiger partial charge in [-0.15, -0.1) is 0 Å². The van der Waals surface area contributed by atoms with E-state index in [1.807, 2.05) is 5.48 Å². The number of hydrogen-bond acceptors (Lipinski definition) is 6. The average molecular weight is 525 g/mol. The molecule has 2 aromatic rings. The quantitative estimate of drug-likeness (QED) is 0.256. The van der Waals surface area contributed by atoms with Crippen molar-refractivity contribution in [3.8, 4) is 0 Å². The first-order chi connectivity index (χ1) is 13.6. The fraction of sp³-hybridized carbons (Fsp3) is 0.353. The van der Waals surface area contributed by atoms with E-state index in [1.165, 1.54) is 7.05 Å². The Kier molecular flexibility index (Phi) is 7.62. The number of aromatic nitrogens is 2.